The van der Waals surface area contributed by atoms with Gasteiger partial charge in [0.2, 0.25) is 5.95 Å². The molecule has 6 rings (SSSR count). The van der Waals surface area contributed by atoms with Gasteiger partial charge >= 0.3 is 0 Å². The smallest absolute Gasteiger partial charge is 0.202 e. The summed E-state index contributed by atoms with van der Waals surface area (Å²) in [5, 5.41) is 9.63. The first kappa shape index (κ1) is 29.9. The third-order valence-corrected chi connectivity index (χ3v) is 7.97. The van der Waals surface area contributed by atoms with Crippen LogP contribution >= 0.6 is 12.4 Å². The Labute approximate surface area is 250 Å². The zero-order chi connectivity index (χ0) is 28.3. The summed E-state index contributed by atoms with van der Waals surface area (Å²) >= 11 is 0. The second-order valence-electron chi connectivity index (χ2n) is 11.0. The summed E-state index contributed by atoms with van der Waals surface area (Å²) in [5.74, 6) is 0.861. The lowest BCUT2D eigenvalue weighted by atomic mass is 10.0. The number of halogens is 2. The minimum atomic E-state index is -0.471. The average molecular weight is 595 g/mol. The van der Waals surface area contributed by atoms with Gasteiger partial charge in [0.15, 0.2) is 5.43 Å². The quantitative estimate of drug-likeness (QED) is 0.269. The van der Waals surface area contributed by atoms with Gasteiger partial charge in [-0.2, -0.15) is 4.39 Å². The van der Waals surface area contributed by atoms with Crippen LogP contribution < -0.4 is 15.1 Å². The maximum atomic E-state index is 16.4. The molecule has 4 aromatic rings. The van der Waals surface area contributed by atoms with Crippen molar-refractivity contribution in [2.24, 2.45) is 0 Å². The maximum Gasteiger partial charge on any atom is 0.202 e. The lowest BCUT2D eigenvalue weighted by Crippen LogP contribution is -2.48. The molecule has 1 atom stereocenters. The third-order valence-electron chi connectivity index (χ3n) is 7.97. The number of ether oxygens (including phenoxy) is 1. The van der Waals surface area contributed by atoms with Crippen molar-refractivity contribution in [1.29, 1.82) is 0 Å². The van der Waals surface area contributed by atoms with Gasteiger partial charge in [0, 0.05) is 74.0 Å². The highest BCUT2D eigenvalue weighted by Crippen LogP contribution is 2.39. The standard InChI is InChI=1S/C31H35FN6O3.ClH/c1-21-15-22(8-9-34-21)18-37(24-3-2-12-36(19-24)29-17-33-10-11-35-29)20-27-30(40)26-7-6-25(41-14-13-39)16-28(26)38(31(27)32)23-4-5-23;/h6-11,15-17,23-24,39H,2-5,12-14,18-20H2,1H3;1H/t24-;/m0./s1. The minimum Gasteiger partial charge on any atom is -0.491 e. The Morgan fingerprint density at radius 3 is 2.69 bits per heavy atom. The normalized spacial score (nSPS) is 17.0. The van der Waals surface area contributed by atoms with E-state index >= 15 is 4.39 Å². The van der Waals surface area contributed by atoms with Crippen LogP contribution in [0, 0.1) is 12.9 Å². The molecule has 9 nitrogen and oxygen atoms in total. The summed E-state index contributed by atoms with van der Waals surface area (Å²) in [6.45, 7) is 4.31. The summed E-state index contributed by atoms with van der Waals surface area (Å²) in [7, 11) is 0. The second-order valence-corrected chi connectivity index (χ2v) is 11.0. The van der Waals surface area contributed by atoms with Crippen molar-refractivity contribution < 1.29 is 14.2 Å². The van der Waals surface area contributed by atoms with Gasteiger partial charge in [-0.3, -0.25) is 19.7 Å². The van der Waals surface area contributed by atoms with Crippen LogP contribution in [0.25, 0.3) is 10.9 Å². The van der Waals surface area contributed by atoms with Gasteiger partial charge in [0.25, 0.3) is 0 Å². The first-order valence-corrected chi connectivity index (χ1v) is 14.3. The van der Waals surface area contributed by atoms with Crippen LogP contribution in [0.4, 0.5) is 10.2 Å². The molecular weight excluding hydrogens is 559 g/mol. The number of nitrogens with zero attached hydrogens (tertiary/aromatic N) is 6. The summed E-state index contributed by atoms with van der Waals surface area (Å²) in [4.78, 5) is 31.4. The van der Waals surface area contributed by atoms with Gasteiger partial charge in [-0.1, -0.05) is 0 Å². The molecule has 1 aliphatic heterocycles. The number of aryl methyl sites for hydroxylation is 1. The monoisotopic (exact) mass is 594 g/mol. The van der Waals surface area contributed by atoms with Crippen molar-refractivity contribution in [3.8, 4) is 5.75 Å². The second kappa shape index (κ2) is 13.1. The Kier molecular flexibility index (Phi) is 9.35. The number of piperidine rings is 1. The van der Waals surface area contributed by atoms with Crippen LogP contribution in [0.1, 0.15) is 48.5 Å². The van der Waals surface area contributed by atoms with E-state index in [1.807, 2.05) is 19.1 Å². The van der Waals surface area contributed by atoms with Crippen molar-refractivity contribution in [2.45, 2.75) is 57.8 Å². The molecule has 1 saturated carbocycles. The Morgan fingerprint density at radius 1 is 1.10 bits per heavy atom. The minimum absolute atomic E-state index is 0. The molecule has 2 aliphatic rings. The van der Waals surface area contributed by atoms with Crippen LogP contribution in [0.15, 0.2) is 59.9 Å². The molecule has 0 unspecified atom stereocenters. The van der Waals surface area contributed by atoms with Crippen molar-refractivity contribution in [3.05, 3.63) is 88.1 Å². The number of benzene rings is 1. The van der Waals surface area contributed by atoms with E-state index in [1.165, 1.54) is 0 Å². The van der Waals surface area contributed by atoms with E-state index < -0.39 is 5.95 Å². The number of fused-ring (bicyclic) bond motifs is 1. The largest absolute Gasteiger partial charge is 0.491 e. The summed E-state index contributed by atoms with van der Waals surface area (Å²) in [6, 6.07) is 9.28. The van der Waals surface area contributed by atoms with Crippen molar-refractivity contribution in [3.63, 3.8) is 0 Å². The number of aromatic nitrogens is 4. The Morgan fingerprint density at radius 2 is 1.95 bits per heavy atom. The molecule has 3 aromatic heterocycles. The zero-order valence-electron chi connectivity index (χ0n) is 23.7. The van der Waals surface area contributed by atoms with E-state index in [-0.39, 0.29) is 55.2 Å². The highest BCUT2D eigenvalue weighted by atomic mass is 35.5. The fourth-order valence-electron chi connectivity index (χ4n) is 5.86. The topological polar surface area (TPSA) is 96.6 Å². The van der Waals surface area contributed by atoms with Crippen LogP contribution in [0.5, 0.6) is 5.75 Å². The van der Waals surface area contributed by atoms with Crippen LogP contribution in [0.2, 0.25) is 0 Å². The SMILES string of the molecule is Cc1cc(CN(Cc2c(F)n(C3CC3)c3cc(OCCO)ccc3c2=O)[C@H]2CCCN(c3cnccn3)C2)ccn1.Cl. The summed E-state index contributed by atoms with van der Waals surface area (Å²) in [6.07, 6.45) is 10.5. The zero-order valence-corrected chi connectivity index (χ0v) is 24.5. The maximum absolute atomic E-state index is 16.4. The molecule has 42 heavy (non-hydrogen) atoms. The predicted molar refractivity (Wildman–Crippen MR) is 162 cm³/mol. The van der Waals surface area contributed by atoms with Gasteiger partial charge in [0.1, 0.15) is 18.2 Å². The van der Waals surface area contributed by atoms with E-state index in [0.717, 1.165) is 49.3 Å². The molecule has 0 radical (unpaired) electrons. The van der Waals surface area contributed by atoms with E-state index in [2.05, 4.69) is 24.8 Å². The van der Waals surface area contributed by atoms with E-state index in [9.17, 15) is 4.79 Å². The number of aliphatic hydroxyl groups excluding tert-OH is 1. The molecular formula is C31H36ClFN6O3. The predicted octanol–water partition coefficient (Wildman–Crippen LogP) is 4.43. The highest BCUT2D eigenvalue weighted by molar-refractivity contribution is 5.85. The first-order valence-electron chi connectivity index (χ1n) is 14.3. The van der Waals surface area contributed by atoms with Crippen LogP contribution in [0.3, 0.4) is 0 Å². The molecule has 0 spiro atoms. The van der Waals surface area contributed by atoms with Crippen LogP contribution in [-0.4, -0.2) is 61.9 Å². The van der Waals surface area contributed by atoms with Crippen molar-refractivity contribution in [2.75, 3.05) is 31.2 Å². The fourth-order valence-corrected chi connectivity index (χ4v) is 5.86. The molecule has 0 amide bonds. The van der Waals surface area contributed by atoms with Gasteiger partial charge in [0.05, 0.1) is 23.9 Å². The molecule has 1 N–H and O–H groups in total. The molecule has 222 valence electrons. The fraction of sp³-hybridized carbons (Fsp3) is 0.419. The summed E-state index contributed by atoms with van der Waals surface area (Å²) in [5.41, 5.74) is 2.43. The molecule has 4 heterocycles. The van der Waals surface area contributed by atoms with E-state index in [0.29, 0.717) is 29.7 Å². The number of anilines is 1. The van der Waals surface area contributed by atoms with Crippen molar-refractivity contribution in [1.82, 2.24) is 24.4 Å². The Hall–Kier alpha value is -3.60. The number of pyridine rings is 2. The molecule has 2 fully saturated rings. The van der Waals surface area contributed by atoms with Gasteiger partial charge in [-0.05, 0) is 62.4 Å². The average Bonchev–Trinajstić information content (AvgIpc) is 3.83. The lowest BCUT2D eigenvalue weighted by molar-refractivity contribution is 0.155. The Bertz CT molecular complexity index is 1580. The number of hydrogen-bond acceptors (Lipinski definition) is 8. The molecule has 1 saturated heterocycles. The van der Waals surface area contributed by atoms with E-state index in [4.69, 9.17) is 9.84 Å². The van der Waals surface area contributed by atoms with Crippen LogP contribution in [-0.2, 0) is 13.1 Å². The molecule has 1 aliphatic carbocycles. The lowest BCUT2D eigenvalue weighted by Gasteiger charge is -2.40. The Balaban J connectivity index is 0.00000353. The molecule has 0 bridgehead atoms. The third kappa shape index (κ3) is 6.40. The molecule has 11 heteroatoms. The van der Waals surface area contributed by atoms with Crippen molar-refractivity contribution >= 4 is 29.1 Å². The number of rotatable bonds is 10. The number of hydrogen-bond donors (Lipinski definition) is 1. The summed E-state index contributed by atoms with van der Waals surface area (Å²) < 4.78 is 23.7. The van der Waals surface area contributed by atoms with Gasteiger partial charge < -0.3 is 19.3 Å². The van der Waals surface area contributed by atoms with E-state index in [1.54, 1.807) is 47.6 Å². The van der Waals surface area contributed by atoms with Gasteiger partial charge in [-0.25, -0.2) is 4.98 Å². The highest BCUT2D eigenvalue weighted by Gasteiger charge is 2.32. The first-order chi connectivity index (χ1) is 20.0. The van der Waals surface area contributed by atoms with Gasteiger partial charge in [-0.15, -0.1) is 12.4 Å². The molecule has 1 aromatic carbocycles. The number of aliphatic hydroxyl groups is 1.